The summed E-state index contributed by atoms with van der Waals surface area (Å²) in [4.78, 5) is 39.0. The van der Waals surface area contributed by atoms with Gasteiger partial charge in [-0.15, -0.1) is 0 Å². The number of aromatic nitrogens is 1. The van der Waals surface area contributed by atoms with Crippen molar-refractivity contribution < 1.29 is 27.9 Å². The zero-order chi connectivity index (χ0) is 32.5. The lowest BCUT2D eigenvalue weighted by Gasteiger charge is -2.38. The Bertz CT molecular complexity index is 1390. The van der Waals surface area contributed by atoms with Gasteiger partial charge in [0.1, 0.15) is 5.60 Å². The summed E-state index contributed by atoms with van der Waals surface area (Å²) < 4.78 is 39.0. The van der Waals surface area contributed by atoms with Gasteiger partial charge < -0.3 is 30.0 Å². The van der Waals surface area contributed by atoms with Crippen molar-refractivity contribution in [3.8, 4) is 0 Å². The van der Waals surface area contributed by atoms with Crippen molar-refractivity contribution in [1.82, 2.24) is 25.0 Å². The van der Waals surface area contributed by atoms with Crippen molar-refractivity contribution in [2.75, 3.05) is 77.4 Å². The van der Waals surface area contributed by atoms with Gasteiger partial charge in [0.05, 0.1) is 29.7 Å². The van der Waals surface area contributed by atoms with Gasteiger partial charge in [-0.3, -0.25) is 14.6 Å². The van der Waals surface area contributed by atoms with Crippen LogP contribution in [0.1, 0.15) is 60.1 Å². The highest BCUT2D eigenvalue weighted by Gasteiger charge is 2.45. The number of nitrogens with one attached hydrogen (secondary N) is 1. The third kappa shape index (κ3) is 7.34. The first-order valence-electron chi connectivity index (χ1n) is 16.5. The largest absolute Gasteiger partial charge is 0.416 e. The minimum atomic E-state index is -4.54. The molecule has 6 rings (SSSR count). The Morgan fingerprint density at radius 3 is 2.41 bits per heavy atom. The second-order valence-electron chi connectivity index (χ2n) is 14.0. The number of nitrogens with zero attached hydrogens (tertiary/aromatic N) is 5. The monoisotopic (exact) mass is 642 g/mol. The number of benzene rings is 1. The van der Waals surface area contributed by atoms with Crippen LogP contribution in [0.3, 0.4) is 0 Å². The Kier molecular flexibility index (Phi) is 9.33. The van der Waals surface area contributed by atoms with Crippen LogP contribution in [-0.2, 0) is 16.6 Å². The second kappa shape index (κ2) is 13.1. The molecular formula is C34H45F3N6O3. The number of alkyl halides is 3. The quantitative estimate of drug-likeness (QED) is 0.477. The third-order valence-electron chi connectivity index (χ3n) is 10.7. The first kappa shape index (κ1) is 32.7. The fourth-order valence-electron chi connectivity index (χ4n) is 7.74. The fourth-order valence-corrected chi connectivity index (χ4v) is 7.74. The molecule has 9 nitrogen and oxygen atoms in total. The number of likely N-dealkylation sites (N-methyl/N-ethyl adjacent to an activating group) is 1. The standard InChI is InChI=1S/C34H45F3N6O3/c1-40-15-17-42(18-16-40)28-5-6-29(38-20-28)33(46)9-7-25(8-10-33)22-41-13-11-32(23-41)12-14-43(24-32)30(44)21-39-31(45)26-3-2-4-27(19-26)34(35,36)37/h2-6,19-20,25,46H,7-18,21-24H2,1H3,(H,39,45)/t25?,32-,33?/m1/s1. The number of hydrogen-bond acceptors (Lipinski definition) is 7. The van der Waals surface area contributed by atoms with E-state index in [1.54, 1.807) is 4.90 Å². The maximum Gasteiger partial charge on any atom is 0.416 e. The van der Waals surface area contributed by atoms with Crippen LogP contribution in [0.15, 0.2) is 42.6 Å². The minimum absolute atomic E-state index is 0.0333. The number of halogens is 3. The number of piperazine rings is 1. The van der Waals surface area contributed by atoms with Crippen LogP contribution in [0.5, 0.6) is 0 Å². The van der Waals surface area contributed by atoms with Gasteiger partial charge >= 0.3 is 6.18 Å². The van der Waals surface area contributed by atoms with Gasteiger partial charge in [-0.25, -0.2) is 0 Å². The van der Waals surface area contributed by atoms with Crippen molar-refractivity contribution >= 4 is 17.5 Å². The highest BCUT2D eigenvalue weighted by Crippen LogP contribution is 2.43. The molecule has 250 valence electrons. The molecule has 1 aromatic heterocycles. The fraction of sp³-hybridized carbons (Fsp3) is 0.618. The van der Waals surface area contributed by atoms with Gasteiger partial charge in [0.25, 0.3) is 5.91 Å². The molecule has 1 aliphatic carbocycles. The molecule has 4 aliphatic rings. The summed E-state index contributed by atoms with van der Waals surface area (Å²) in [7, 11) is 2.14. The van der Waals surface area contributed by atoms with E-state index in [0.717, 1.165) is 95.0 Å². The Morgan fingerprint density at radius 2 is 1.72 bits per heavy atom. The van der Waals surface area contributed by atoms with E-state index < -0.39 is 23.2 Å². The third-order valence-corrected chi connectivity index (χ3v) is 10.7. The molecule has 2 amide bonds. The van der Waals surface area contributed by atoms with Gasteiger partial charge in [0.2, 0.25) is 5.91 Å². The van der Waals surface area contributed by atoms with Gasteiger partial charge in [-0.2, -0.15) is 13.2 Å². The van der Waals surface area contributed by atoms with E-state index in [4.69, 9.17) is 4.98 Å². The number of hydrogen-bond donors (Lipinski definition) is 2. The molecule has 4 heterocycles. The number of pyridine rings is 1. The maximum atomic E-state index is 13.0. The summed E-state index contributed by atoms with van der Waals surface area (Å²) >= 11 is 0. The number of likely N-dealkylation sites (tertiary alicyclic amines) is 2. The Hall–Kier alpha value is -3.22. The SMILES string of the molecule is CN1CCN(c2ccc(C3(O)CCC(CN4CC[C@@]5(CCN(C(=O)CNC(=O)c6cccc(C(F)(F)F)c6)C5)C4)CC3)nc2)CC1. The van der Waals surface area contributed by atoms with Gasteiger partial charge in [0, 0.05) is 63.3 Å². The minimum Gasteiger partial charge on any atom is -0.384 e. The molecule has 2 aromatic rings. The average Bonchev–Trinajstić information content (AvgIpc) is 3.66. The lowest BCUT2D eigenvalue weighted by molar-refractivity contribution is -0.137. The zero-order valence-electron chi connectivity index (χ0n) is 26.6. The lowest BCUT2D eigenvalue weighted by Crippen LogP contribution is -2.44. The number of carbonyl (C=O) groups excluding carboxylic acids is 2. The van der Waals surface area contributed by atoms with E-state index in [-0.39, 0.29) is 23.4 Å². The highest BCUT2D eigenvalue weighted by molar-refractivity contribution is 5.96. The Morgan fingerprint density at radius 1 is 0.978 bits per heavy atom. The van der Waals surface area contributed by atoms with E-state index in [0.29, 0.717) is 31.8 Å². The van der Waals surface area contributed by atoms with Gasteiger partial charge in [0.15, 0.2) is 0 Å². The molecule has 3 saturated heterocycles. The molecule has 1 atom stereocenters. The molecule has 0 radical (unpaired) electrons. The number of carbonyl (C=O) groups is 2. The number of anilines is 1. The van der Waals surface area contributed by atoms with Crippen molar-refractivity contribution in [2.24, 2.45) is 11.3 Å². The van der Waals surface area contributed by atoms with Crippen LogP contribution in [0.25, 0.3) is 0 Å². The number of aliphatic hydroxyl groups is 1. The lowest BCUT2D eigenvalue weighted by atomic mass is 9.76. The van der Waals surface area contributed by atoms with Crippen LogP contribution in [0.4, 0.5) is 18.9 Å². The van der Waals surface area contributed by atoms with E-state index in [1.807, 2.05) is 12.3 Å². The van der Waals surface area contributed by atoms with Crippen molar-refractivity contribution in [3.63, 3.8) is 0 Å². The first-order valence-corrected chi connectivity index (χ1v) is 16.5. The normalized spacial score (nSPS) is 27.8. The van der Waals surface area contributed by atoms with Crippen LogP contribution in [-0.4, -0.2) is 109 Å². The average molecular weight is 643 g/mol. The molecule has 0 unspecified atom stereocenters. The second-order valence-corrected chi connectivity index (χ2v) is 14.0. The molecular weight excluding hydrogens is 597 g/mol. The molecule has 4 fully saturated rings. The summed E-state index contributed by atoms with van der Waals surface area (Å²) in [6, 6.07) is 8.31. The molecule has 1 spiro atoms. The van der Waals surface area contributed by atoms with Crippen molar-refractivity contribution in [3.05, 3.63) is 59.4 Å². The van der Waals surface area contributed by atoms with E-state index in [9.17, 15) is 27.9 Å². The predicted octanol–water partition coefficient (Wildman–Crippen LogP) is 3.58. The van der Waals surface area contributed by atoms with Gasteiger partial charge in [-0.05, 0) is 88.4 Å². The van der Waals surface area contributed by atoms with E-state index in [2.05, 4.69) is 33.1 Å². The summed E-state index contributed by atoms with van der Waals surface area (Å²) in [5.74, 6) is -0.407. The first-order chi connectivity index (χ1) is 21.9. The van der Waals surface area contributed by atoms with E-state index in [1.165, 1.54) is 12.1 Å². The smallest absolute Gasteiger partial charge is 0.384 e. The van der Waals surface area contributed by atoms with Crippen LogP contribution in [0.2, 0.25) is 0 Å². The van der Waals surface area contributed by atoms with Crippen LogP contribution in [0, 0.1) is 11.3 Å². The maximum absolute atomic E-state index is 13.0. The van der Waals surface area contributed by atoms with E-state index >= 15 is 0 Å². The van der Waals surface area contributed by atoms with Crippen molar-refractivity contribution in [2.45, 2.75) is 50.3 Å². The topological polar surface area (TPSA) is 92.3 Å². The predicted molar refractivity (Wildman–Crippen MR) is 168 cm³/mol. The molecule has 2 N–H and O–H groups in total. The summed E-state index contributed by atoms with van der Waals surface area (Å²) in [5.41, 5.74) is 0.0158. The molecule has 1 saturated carbocycles. The number of amides is 2. The van der Waals surface area contributed by atoms with Gasteiger partial charge in [-0.1, -0.05) is 6.07 Å². The molecule has 46 heavy (non-hydrogen) atoms. The molecule has 0 bridgehead atoms. The summed E-state index contributed by atoms with van der Waals surface area (Å²) in [6.45, 7) is 7.92. The van der Waals surface area contributed by atoms with Crippen LogP contribution < -0.4 is 10.2 Å². The highest BCUT2D eigenvalue weighted by atomic mass is 19.4. The molecule has 12 heteroatoms. The Balaban J connectivity index is 0.938. The summed E-state index contributed by atoms with van der Waals surface area (Å²) in [6.07, 6.45) is 2.56. The molecule has 1 aromatic carbocycles. The molecule has 3 aliphatic heterocycles. The van der Waals surface area contributed by atoms with Crippen LogP contribution >= 0.6 is 0 Å². The Labute approximate surface area is 268 Å². The van der Waals surface area contributed by atoms with Crippen molar-refractivity contribution in [1.29, 1.82) is 0 Å². The zero-order valence-corrected chi connectivity index (χ0v) is 26.6. The number of rotatable bonds is 7. The summed E-state index contributed by atoms with van der Waals surface area (Å²) in [5, 5.41) is 14.0.